The number of aryl methyl sites for hydroxylation is 1. The highest BCUT2D eigenvalue weighted by Gasteiger charge is 2.13. The van der Waals surface area contributed by atoms with E-state index in [1.165, 1.54) is 21.9 Å². The quantitative estimate of drug-likeness (QED) is 0.309. The molecule has 0 spiro atoms. The molecule has 0 aliphatic rings. The van der Waals surface area contributed by atoms with E-state index in [1.54, 1.807) is 7.11 Å². The Labute approximate surface area is 186 Å². The number of ether oxygens (including phenoxy) is 1. The third-order valence-corrected chi connectivity index (χ3v) is 5.85. The van der Waals surface area contributed by atoms with Crippen LogP contribution in [0.4, 0.5) is 0 Å². The van der Waals surface area contributed by atoms with E-state index in [9.17, 15) is 0 Å². The Hall–Kier alpha value is -2.63. The van der Waals surface area contributed by atoms with E-state index in [2.05, 4.69) is 78.9 Å². The monoisotopic (exact) mass is 463 g/mol. The summed E-state index contributed by atoms with van der Waals surface area (Å²) in [5.41, 5.74) is 2.54. The van der Waals surface area contributed by atoms with Crippen molar-refractivity contribution in [3.05, 3.63) is 95.0 Å². The lowest BCUT2D eigenvalue weighted by molar-refractivity contribution is 0.245. The number of hydrogen-bond acceptors (Lipinski definition) is 3. The average molecular weight is 464 g/mol. The van der Waals surface area contributed by atoms with Crippen molar-refractivity contribution in [3.8, 4) is 5.75 Å². The normalized spacial score (nSPS) is 11.3. The number of aromatic nitrogens is 2. The largest absolute Gasteiger partial charge is 0.496 e. The van der Waals surface area contributed by atoms with E-state index in [1.807, 2.05) is 30.9 Å². The molecule has 3 aromatic carbocycles. The molecule has 0 unspecified atom stereocenters. The number of imidazole rings is 1. The molecule has 5 heteroatoms. The van der Waals surface area contributed by atoms with Gasteiger partial charge in [0.25, 0.3) is 0 Å². The first-order valence-corrected chi connectivity index (χ1v) is 11.0. The fourth-order valence-electron chi connectivity index (χ4n) is 3.89. The Bertz CT molecular complexity index is 1090. The van der Waals surface area contributed by atoms with Gasteiger partial charge in [-0.25, -0.2) is 4.98 Å². The fraction of sp³-hybridized carbons (Fsp3) is 0.240. The van der Waals surface area contributed by atoms with Crippen molar-refractivity contribution in [1.29, 1.82) is 0 Å². The van der Waals surface area contributed by atoms with Crippen LogP contribution in [0, 0.1) is 0 Å². The van der Waals surface area contributed by atoms with Crippen LogP contribution in [-0.4, -0.2) is 28.1 Å². The van der Waals surface area contributed by atoms with Crippen molar-refractivity contribution in [2.45, 2.75) is 26.1 Å². The first kappa shape index (κ1) is 20.6. The van der Waals surface area contributed by atoms with Gasteiger partial charge in [-0.15, -0.1) is 0 Å². The summed E-state index contributed by atoms with van der Waals surface area (Å²) >= 11 is 3.61. The van der Waals surface area contributed by atoms with Gasteiger partial charge in [0.1, 0.15) is 5.75 Å². The Kier molecular flexibility index (Phi) is 6.82. The smallest absolute Gasteiger partial charge is 0.123 e. The number of halogens is 1. The molecule has 154 valence electrons. The standard InChI is InChI=1S/C25H26BrN3O/c1-30-25-11-10-23(26)16-22(25)18-29(14-5-13-28-15-12-27-19-28)17-21-8-4-7-20-6-2-3-9-24(20)21/h2-4,6-12,15-16,19H,5,13-14,17-18H2,1H3. The number of benzene rings is 3. The molecule has 0 fully saturated rings. The van der Waals surface area contributed by atoms with E-state index in [-0.39, 0.29) is 0 Å². The lowest BCUT2D eigenvalue weighted by Gasteiger charge is -2.24. The number of rotatable bonds is 9. The van der Waals surface area contributed by atoms with E-state index in [0.29, 0.717) is 0 Å². The van der Waals surface area contributed by atoms with Crippen molar-refractivity contribution in [1.82, 2.24) is 14.5 Å². The Balaban J connectivity index is 1.57. The van der Waals surface area contributed by atoms with Gasteiger partial charge in [-0.1, -0.05) is 58.4 Å². The van der Waals surface area contributed by atoms with Gasteiger partial charge in [0.15, 0.2) is 0 Å². The molecule has 0 saturated carbocycles. The SMILES string of the molecule is COc1ccc(Br)cc1CN(CCCn1ccnc1)Cc1cccc2ccccc12. The van der Waals surface area contributed by atoms with Crippen LogP contribution in [0.2, 0.25) is 0 Å². The molecule has 4 rings (SSSR count). The summed E-state index contributed by atoms with van der Waals surface area (Å²) in [5.74, 6) is 0.927. The van der Waals surface area contributed by atoms with Gasteiger partial charge in [-0.05, 0) is 41.0 Å². The molecular weight excluding hydrogens is 438 g/mol. The van der Waals surface area contributed by atoms with Gasteiger partial charge in [0.2, 0.25) is 0 Å². The molecule has 4 aromatic rings. The minimum atomic E-state index is 0.829. The highest BCUT2D eigenvalue weighted by atomic mass is 79.9. The zero-order valence-electron chi connectivity index (χ0n) is 17.2. The highest BCUT2D eigenvalue weighted by molar-refractivity contribution is 9.10. The number of fused-ring (bicyclic) bond motifs is 1. The Morgan fingerprint density at radius 1 is 1.00 bits per heavy atom. The second kappa shape index (κ2) is 9.92. The third kappa shape index (κ3) is 5.10. The summed E-state index contributed by atoms with van der Waals surface area (Å²) < 4.78 is 8.83. The van der Waals surface area contributed by atoms with Crippen LogP contribution in [0.5, 0.6) is 5.75 Å². The predicted molar refractivity (Wildman–Crippen MR) is 126 cm³/mol. The topological polar surface area (TPSA) is 30.3 Å². The molecule has 0 amide bonds. The highest BCUT2D eigenvalue weighted by Crippen LogP contribution is 2.26. The Morgan fingerprint density at radius 3 is 2.67 bits per heavy atom. The molecule has 4 nitrogen and oxygen atoms in total. The van der Waals surface area contributed by atoms with Crippen LogP contribution in [0.15, 0.2) is 83.9 Å². The molecule has 0 N–H and O–H groups in total. The minimum absolute atomic E-state index is 0.829. The summed E-state index contributed by atoms with van der Waals surface area (Å²) in [7, 11) is 1.74. The van der Waals surface area contributed by atoms with E-state index in [4.69, 9.17) is 4.74 Å². The van der Waals surface area contributed by atoms with Gasteiger partial charge in [0, 0.05) is 48.6 Å². The van der Waals surface area contributed by atoms with Gasteiger partial charge < -0.3 is 9.30 Å². The summed E-state index contributed by atoms with van der Waals surface area (Å²) in [6, 6.07) is 21.4. The number of hydrogen-bond donors (Lipinski definition) is 0. The number of nitrogens with zero attached hydrogens (tertiary/aromatic N) is 3. The molecular formula is C25H26BrN3O. The van der Waals surface area contributed by atoms with Crippen LogP contribution >= 0.6 is 15.9 Å². The molecule has 30 heavy (non-hydrogen) atoms. The van der Waals surface area contributed by atoms with Crippen LogP contribution in [0.3, 0.4) is 0 Å². The van der Waals surface area contributed by atoms with Crippen molar-refractivity contribution in [2.24, 2.45) is 0 Å². The molecule has 0 aliphatic heterocycles. The fourth-order valence-corrected chi connectivity index (χ4v) is 4.30. The molecule has 1 heterocycles. The van der Waals surface area contributed by atoms with E-state index < -0.39 is 0 Å². The zero-order chi connectivity index (χ0) is 20.8. The summed E-state index contributed by atoms with van der Waals surface area (Å²) in [4.78, 5) is 6.65. The second-order valence-corrected chi connectivity index (χ2v) is 8.37. The van der Waals surface area contributed by atoms with Crippen molar-refractivity contribution < 1.29 is 4.74 Å². The predicted octanol–water partition coefficient (Wildman–Crippen LogP) is 5.90. The minimum Gasteiger partial charge on any atom is -0.496 e. The summed E-state index contributed by atoms with van der Waals surface area (Å²) in [6.45, 7) is 3.66. The van der Waals surface area contributed by atoms with Gasteiger partial charge in [-0.3, -0.25) is 4.90 Å². The van der Waals surface area contributed by atoms with Crippen LogP contribution in [-0.2, 0) is 19.6 Å². The molecule has 0 saturated heterocycles. The van der Waals surface area contributed by atoms with Crippen molar-refractivity contribution in [2.75, 3.05) is 13.7 Å². The molecule has 0 atom stereocenters. The maximum absolute atomic E-state index is 5.63. The van der Waals surface area contributed by atoms with Crippen LogP contribution in [0.25, 0.3) is 10.8 Å². The molecule has 0 radical (unpaired) electrons. The first-order chi connectivity index (χ1) is 14.7. The van der Waals surface area contributed by atoms with Crippen molar-refractivity contribution in [3.63, 3.8) is 0 Å². The van der Waals surface area contributed by atoms with Crippen molar-refractivity contribution >= 4 is 26.7 Å². The second-order valence-electron chi connectivity index (χ2n) is 7.46. The van der Waals surface area contributed by atoms with E-state index in [0.717, 1.165) is 42.8 Å². The van der Waals surface area contributed by atoms with Gasteiger partial charge >= 0.3 is 0 Å². The maximum Gasteiger partial charge on any atom is 0.123 e. The Morgan fingerprint density at radius 2 is 1.83 bits per heavy atom. The molecule has 0 bridgehead atoms. The molecule has 1 aromatic heterocycles. The maximum atomic E-state index is 5.63. The lowest BCUT2D eigenvalue weighted by atomic mass is 10.0. The van der Waals surface area contributed by atoms with Crippen LogP contribution in [0.1, 0.15) is 17.5 Å². The van der Waals surface area contributed by atoms with Crippen LogP contribution < -0.4 is 4.74 Å². The van der Waals surface area contributed by atoms with Gasteiger partial charge in [0.05, 0.1) is 13.4 Å². The average Bonchev–Trinajstić information content (AvgIpc) is 3.28. The summed E-state index contributed by atoms with van der Waals surface area (Å²) in [6.07, 6.45) is 6.79. The lowest BCUT2D eigenvalue weighted by Crippen LogP contribution is -2.25. The van der Waals surface area contributed by atoms with E-state index >= 15 is 0 Å². The molecule has 0 aliphatic carbocycles. The van der Waals surface area contributed by atoms with Gasteiger partial charge in [-0.2, -0.15) is 0 Å². The third-order valence-electron chi connectivity index (χ3n) is 5.36. The first-order valence-electron chi connectivity index (χ1n) is 10.2. The zero-order valence-corrected chi connectivity index (χ0v) is 18.8. The number of methoxy groups -OCH3 is 1. The summed E-state index contributed by atoms with van der Waals surface area (Å²) in [5, 5.41) is 2.61.